The Labute approximate surface area is 182 Å². The highest BCUT2D eigenvalue weighted by Crippen LogP contribution is 2.38. The Hall–Kier alpha value is -0.790. The number of benzene rings is 2. The molecule has 27 heavy (non-hydrogen) atoms. The number of alkyl halides is 3. The molecular weight excluding hydrogens is 587 g/mol. The molecule has 1 aliphatic rings. The van der Waals surface area contributed by atoms with Crippen LogP contribution < -0.4 is 10.1 Å². The fourth-order valence-electron chi connectivity index (χ4n) is 3.17. The molecule has 0 aliphatic carbocycles. The highest BCUT2D eigenvalue weighted by atomic mass is 127. The monoisotopic (exact) mass is 604 g/mol. The Morgan fingerprint density at radius 1 is 1.07 bits per heavy atom. The Bertz CT molecular complexity index is 794. The van der Waals surface area contributed by atoms with Crippen LogP contribution in [0.15, 0.2) is 36.4 Å². The van der Waals surface area contributed by atoms with Gasteiger partial charge in [-0.25, -0.2) is 0 Å². The zero-order valence-corrected chi connectivity index (χ0v) is 18.4. The van der Waals surface area contributed by atoms with Gasteiger partial charge in [0.2, 0.25) is 0 Å². The van der Waals surface area contributed by atoms with Gasteiger partial charge in [-0.2, -0.15) is 0 Å². The number of aromatic hydroxyl groups is 1. The molecule has 146 valence electrons. The van der Waals surface area contributed by atoms with Gasteiger partial charge in [0.15, 0.2) is 0 Å². The first kappa shape index (κ1) is 20.9. The molecule has 1 aliphatic heterocycles. The molecule has 0 bridgehead atoms. The van der Waals surface area contributed by atoms with Gasteiger partial charge in [0.05, 0.1) is 9.61 Å². The maximum Gasteiger partial charge on any atom is 0.573 e. The molecule has 0 radical (unpaired) electrons. The van der Waals surface area contributed by atoms with Crippen LogP contribution in [0, 0.1) is 7.14 Å². The third-order valence-corrected chi connectivity index (χ3v) is 5.74. The fraction of sp³-hybridized carbons (Fsp3) is 0.333. The van der Waals surface area contributed by atoms with Crippen LogP contribution in [0.25, 0.3) is 0 Å². The summed E-state index contributed by atoms with van der Waals surface area (Å²) in [4.78, 5) is 2.22. The molecule has 1 fully saturated rings. The molecule has 0 saturated carbocycles. The molecule has 1 heterocycles. The average Bonchev–Trinajstić information content (AvgIpc) is 2.60. The van der Waals surface area contributed by atoms with E-state index in [0.29, 0.717) is 0 Å². The Balaban J connectivity index is 2.00. The van der Waals surface area contributed by atoms with Crippen LogP contribution in [-0.2, 0) is 0 Å². The van der Waals surface area contributed by atoms with Gasteiger partial charge >= 0.3 is 6.36 Å². The lowest BCUT2D eigenvalue weighted by atomic mass is 9.95. The smallest absolute Gasteiger partial charge is 0.506 e. The summed E-state index contributed by atoms with van der Waals surface area (Å²) in [5.41, 5.74) is 1.55. The van der Waals surface area contributed by atoms with E-state index in [0.717, 1.165) is 44.4 Å². The summed E-state index contributed by atoms with van der Waals surface area (Å²) in [6.07, 6.45) is -4.72. The van der Waals surface area contributed by atoms with Crippen molar-refractivity contribution in [2.75, 3.05) is 26.2 Å². The zero-order chi connectivity index (χ0) is 19.6. The van der Waals surface area contributed by atoms with Gasteiger partial charge in [0, 0.05) is 35.3 Å². The average molecular weight is 604 g/mol. The summed E-state index contributed by atoms with van der Waals surface area (Å²) in [7, 11) is 0. The minimum atomic E-state index is -4.72. The Morgan fingerprint density at radius 2 is 1.70 bits per heavy atom. The standard InChI is InChI=1S/C18H17F3I2N2O2/c19-18(20,21)27-13-3-1-11(2-4-13)16(25-7-5-24-6-8-25)14-9-12(22)10-15(23)17(14)26/h1-4,9-10,16,24,26H,5-8H2/t16-/m1/s1. The van der Waals surface area contributed by atoms with Gasteiger partial charge in [-0.05, 0) is 75.0 Å². The van der Waals surface area contributed by atoms with Gasteiger partial charge < -0.3 is 15.2 Å². The predicted octanol–water partition coefficient (Wildman–Crippen LogP) is 4.49. The quantitative estimate of drug-likeness (QED) is 0.506. The van der Waals surface area contributed by atoms with Crippen LogP contribution in [0.5, 0.6) is 11.5 Å². The van der Waals surface area contributed by atoms with E-state index < -0.39 is 6.36 Å². The number of hydrogen-bond donors (Lipinski definition) is 2. The molecule has 1 saturated heterocycles. The van der Waals surface area contributed by atoms with Crippen molar-refractivity contribution < 1.29 is 23.0 Å². The van der Waals surface area contributed by atoms with Crippen molar-refractivity contribution in [2.45, 2.75) is 12.4 Å². The first-order valence-corrected chi connectivity index (χ1v) is 10.4. The van der Waals surface area contributed by atoms with Crippen LogP contribution in [0.4, 0.5) is 13.2 Å². The molecule has 0 aromatic heterocycles. The summed E-state index contributed by atoms with van der Waals surface area (Å²) in [5, 5.41) is 14.0. The number of rotatable bonds is 4. The van der Waals surface area contributed by atoms with Crippen LogP contribution in [0.2, 0.25) is 0 Å². The van der Waals surface area contributed by atoms with Gasteiger partial charge in [0.25, 0.3) is 0 Å². The van der Waals surface area contributed by atoms with Crippen molar-refractivity contribution in [2.24, 2.45) is 0 Å². The number of phenolic OH excluding ortho intramolecular Hbond substituents is 1. The Morgan fingerprint density at radius 3 is 2.30 bits per heavy atom. The van der Waals surface area contributed by atoms with Crippen molar-refractivity contribution in [3.8, 4) is 11.5 Å². The second-order valence-corrected chi connectivity index (χ2v) is 8.54. The SMILES string of the molecule is Oc1c(I)cc(I)cc1[C@@H](c1ccc(OC(F)(F)F)cc1)N1CCNCC1. The Kier molecular flexibility index (Phi) is 6.75. The van der Waals surface area contributed by atoms with Gasteiger partial charge in [-0.15, -0.1) is 13.2 Å². The van der Waals surface area contributed by atoms with E-state index in [1.165, 1.54) is 12.1 Å². The molecule has 0 unspecified atom stereocenters. The summed E-state index contributed by atoms with van der Waals surface area (Å²) in [6.45, 7) is 3.17. The number of piperazine rings is 1. The summed E-state index contributed by atoms with van der Waals surface area (Å²) < 4.78 is 43.0. The van der Waals surface area contributed by atoms with E-state index in [9.17, 15) is 18.3 Å². The highest BCUT2D eigenvalue weighted by Gasteiger charge is 2.32. The number of ether oxygens (including phenoxy) is 1. The highest BCUT2D eigenvalue weighted by molar-refractivity contribution is 14.1. The molecule has 2 aromatic carbocycles. The largest absolute Gasteiger partial charge is 0.573 e. The summed E-state index contributed by atoms with van der Waals surface area (Å²) >= 11 is 4.29. The molecule has 2 N–H and O–H groups in total. The van der Waals surface area contributed by atoms with Crippen molar-refractivity contribution in [3.63, 3.8) is 0 Å². The van der Waals surface area contributed by atoms with E-state index in [1.54, 1.807) is 12.1 Å². The van der Waals surface area contributed by atoms with Gasteiger partial charge in [-0.1, -0.05) is 12.1 Å². The first-order valence-electron chi connectivity index (χ1n) is 8.23. The van der Waals surface area contributed by atoms with Crippen molar-refractivity contribution >= 4 is 45.2 Å². The molecule has 9 heteroatoms. The topological polar surface area (TPSA) is 44.7 Å². The van der Waals surface area contributed by atoms with Crippen molar-refractivity contribution in [1.82, 2.24) is 10.2 Å². The van der Waals surface area contributed by atoms with E-state index in [-0.39, 0.29) is 17.5 Å². The minimum absolute atomic E-state index is 0.204. The zero-order valence-electron chi connectivity index (χ0n) is 14.1. The molecule has 0 spiro atoms. The molecule has 4 nitrogen and oxygen atoms in total. The minimum Gasteiger partial charge on any atom is -0.506 e. The molecule has 3 rings (SSSR count). The summed E-state index contributed by atoms with van der Waals surface area (Å²) in [5.74, 6) is -0.0538. The van der Waals surface area contributed by atoms with E-state index >= 15 is 0 Å². The number of nitrogens with one attached hydrogen (secondary N) is 1. The van der Waals surface area contributed by atoms with Crippen molar-refractivity contribution in [1.29, 1.82) is 0 Å². The second-order valence-electron chi connectivity index (χ2n) is 6.13. The second kappa shape index (κ2) is 8.70. The maximum atomic E-state index is 12.4. The lowest BCUT2D eigenvalue weighted by molar-refractivity contribution is -0.274. The summed E-state index contributed by atoms with van der Waals surface area (Å²) in [6, 6.07) is 9.43. The number of phenols is 1. The third kappa shape index (κ3) is 5.39. The number of nitrogens with zero attached hydrogens (tertiary/aromatic N) is 1. The fourth-order valence-corrected chi connectivity index (χ4v) is 5.06. The van der Waals surface area contributed by atoms with E-state index in [4.69, 9.17) is 0 Å². The molecular formula is C18H17F3I2N2O2. The molecule has 2 aromatic rings. The predicted molar refractivity (Wildman–Crippen MR) is 113 cm³/mol. The van der Waals surface area contributed by atoms with Crippen molar-refractivity contribution in [3.05, 3.63) is 54.7 Å². The normalized spacial score (nSPS) is 16.9. The van der Waals surface area contributed by atoms with Gasteiger partial charge in [0.1, 0.15) is 11.5 Å². The molecule has 0 amide bonds. The van der Waals surface area contributed by atoms with E-state index in [1.807, 2.05) is 12.1 Å². The number of halogens is 5. The lowest BCUT2D eigenvalue weighted by Crippen LogP contribution is -2.45. The molecule has 1 atom stereocenters. The van der Waals surface area contributed by atoms with Crippen LogP contribution >= 0.6 is 45.2 Å². The first-order chi connectivity index (χ1) is 12.7. The lowest BCUT2D eigenvalue weighted by Gasteiger charge is -2.36. The van der Waals surface area contributed by atoms with Crippen LogP contribution in [0.3, 0.4) is 0 Å². The van der Waals surface area contributed by atoms with Gasteiger partial charge in [-0.3, -0.25) is 4.90 Å². The third-order valence-electron chi connectivity index (χ3n) is 4.30. The number of hydrogen-bond acceptors (Lipinski definition) is 4. The maximum absolute atomic E-state index is 12.4. The van der Waals surface area contributed by atoms with E-state index in [2.05, 4.69) is 60.1 Å². The van der Waals surface area contributed by atoms with Crippen LogP contribution in [-0.4, -0.2) is 42.5 Å². The van der Waals surface area contributed by atoms with Crippen LogP contribution in [0.1, 0.15) is 17.2 Å².